The Morgan fingerprint density at radius 1 is 1.08 bits per heavy atom. The second-order valence-electron chi connectivity index (χ2n) is 5.39. The molecule has 0 saturated heterocycles. The van der Waals surface area contributed by atoms with Crippen molar-refractivity contribution in [1.29, 1.82) is 0 Å². The van der Waals surface area contributed by atoms with E-state index >= 15 is 0 Å². The Morgan fingerprint density at radius 2 is 1.92 bits per heavy atom. The molecule has 0 spiro atoms. The van der Waals surface area contributed by atoms with Gasteiger partial charge in [-0.1, -0.05) is 50.9 Å². The van der Waals surface area contributed by atoms with Crippen molar-refractivity contribution in [2.24, 2.45) is 0 Å². The molecule has 2 aromatic carbocycles. The van der Waals surface area contributed by atoms with Gasteiger partial charge in [-0.3, -0.25) is 4.79 Å². The molecule has 4 aromatic rings. The summed E-state index contributed by atoms with van der Waals surface area (Å²) in [6, 6.07) is 16.0. The number of aromatic nitrogens is 4. The van der Waals surface area contributed by atoms with E-state index in [1.54, 1.807) is 35.1 Å². The highest BCUT2D eigenvalue weighted by molar-refractivity contribution is 9.10. The number of rotatable bonds is 3. The van der Waals surface area contributed by atoms with Gasteiger partial charge >= 0.3 is 0 Å². The molecule has 0 amide bonds. The van der Waals surface area contributed by atoms with Crippen LogP contribution in [0.3, 0.4) is 0 Å². The van der Waals surface area contributed by atoms with Gasteiger partial charge in [-0.05, 0) is 30.3 Å². The van der Waals surface area contributed by atoms with E-state index in [-0.39, 0.29) is 17.0 Å². The summed E-state index contributed by atoms with van der Waals surface area (Å²) in [6.45, 7) is 0. The number of nitrogens with zero attached hydrogens (tertiary/aromatic N) is 4. The Balaban J connectivity index is 1.77. The number of halogens is 2. The highest BCUT2D eigenvalue weighted by Gasteiger charge is 2.16. The Bertz CT molecular complexity index is 1160. The summed E-state index contributed by atoms with van der Waals surface area (Å²) in [4.78, 5) is 16.5. The first-order chi connectivity index (χ1) is 12.6. The minimum Gasteiger partial charge on any atom is -0.332 e. The van der Waals surface area contributed by atoms with Crippen molar-refractivity contribution in [2.45, 2.75) is 0 Å². The average Bonchev–Trinajstić information content (AvgIpc) is 3.12. The van der Waals surface area contributed by atoms with Crippen LogP contribution in [-0.4, -0.2) is 19.9 Å². The predicted molar refractivity (Wildman–Crippen MR) is 101 cm³/mol. The third-order valence-corrected chi connectivity index (χ3v) is 4.32. The fourth-order valence-electron chi connectivity index (χ4n) is 2.38. The van der Waals surface area contributed by atoms with Crippen LogP contribution in [-0.2, 0) is 0 Å². The van der Waals surface area contributed by atoms with Gasteiger partial charge in [0.15, 0.2) is 5.69 Å². The Labute approximate surface area is 161 Å². The van der Waals surface area contributed by atoms with Crippen molar-refractivity contribution in [2.75, 3.05) is 0 Å². The molecular weight excluding hydrogens is 420 g/mol. The summed E-state index contributed by atoms with van der Waals surface area (Å²) < 4.78 is 7.73. The molecule has 0 aliphatic carbocycles. The van der Waals surface area contributed by atoms with Gasteiger partial charge in [0.25, 0.3) is 5.89 Å². The standard InChI is InChI=1S/C18H10BrClN4O2/c19-12-4-2-6-14(10-12)24-8-7-15(25)16(22-24)18-21-17(23-26-18)11-3-1-5-13(20)9-11/h1-10H. The fraction of sp³-hybridized carbons (Fsp3) is 0. The van der Waals surface area contributed by atoms with E-state index < -0.39 is 0 Å². The molecule has 0 saturated carbocycles. The van der Waals surface area contributed by atoms with E-state index in [1.807, 2.05) is 24.3 Å². The van der Waals surface area contributed by atoms with Crippen LogP contribution in [0, 0.1) is 0 Å². The minimum atomic E-state index is -0.308. The molecule has 0 fully saturated rings. The lowest BCUT2D eigenvalue weighted by Gasteiger charge is -2.06. The first kappa shape index (κ1) is 16.7. The molecule has 2 aromatic heterocycles. The molecule has 26 heavy (non-hydrogen) atoms. The van der Waals surface area contributed by atoms with Gasteiger partial charge in [0.05, 0.1) is 5.69 Å². The number of hydrogen-bond donors (Lipinski definition) is 0. The Morgan fingerprint density at radius 3 is 2.73 bits per heavy atom. The van der Waals surface area contributed by atoms with Gasteiger partial charge in [0.2, 0.25) is 11.3 Å². The third kappa shape index (κ3) is 3.31. The van der Waals surface area contributed by atoms with Crippen LogP contribution in [0.15, 0.2) is 74.6 Å². The topological polar surface area (TPSA) is 73.8 Å². The Kier molecular flexibility index (Phi) is 4.40. The number of benzene rings is 2. The predicted octanol–water partition coefficient (Wildman–Crippen LogP) is 4.37. The van der Waals surface area contributed by atoms with Crippen LogP contribution < -0.4 is 5.43 Å². The summed E-state index contributed by atoms with van der Waals surface area (Å²) in [7, 11) is 0. The van der Waals surface area contributed by atoms with Crippen LogP contribution in [0.1, 0.15) is 0 Å². The second kappa shape index (κ2) is 6.86. The first-order valence-corrected chi connectivity index (χ1v) is 8.73. The van der Waals surface area contributed by atoms with Crippen LogP contribution >= 0.6 is 27.5 Å². The molecule has 0 aliphatic rings. The molecule has 6 nitrogen and oxygen atoms in total. The van der Waals surface area contributed by atoms with Crippen LogP contribution in [0.2, 0.25) is 5.02 Å². The van der Waals surface area contributed by atoms with Gasteiger partial charge in [0.1, 0.15) is 0 Å². The van der Waals surface area contributed by atoms with E-state index in [0.717, 1.165) is 10.2 Å². The maximum absolute atomic E-state index is 12.2. The van der Waals surface area contributed by atoms with Crippen molar-refractivity contribution in [1.82, 2.24) is 19.9 Å². The lowest BCUT2D eigenvalue weighted by atomic mass is 10.2. The smallest absolute Gasteiger partial charge is 0.282 e. The first-order valence-electron chi connectivity index (χ1n) is 7.56. The SMILES string of the molecule is O=c1ccn(-c2cccc(Br)c2)nc1-c1nc(-c2cccc(Cl)c2)no1. The summed E-state index contributed by atoms with van der Waals surface area (Å²) in [5.74, 6) is 0.385. The van der Waals surface area contributed by atoms with Crippen molar-refractivity contribution in [3.8, 4) is 28.7 Å². The summed E-state index contributed by atoms with van der Waals surface area (Å²) >= 11 is 9.41. The van der Waals surface area contributed by atoms with Gasteiger partial charge in [-0.25, -0.2) is 4.68 Å². The zero-order chi connectivity index (χ0) is 18.1. The minimum absolute atomic E-state index is 0.0503. The quantitative estimate of drug-likeness (QED) is 0.483. The monoisotopic (exact) mass is 428 g/mol. The summed E-state index contributed by atoms with van der Waals surface area (Å²) in [6.07, 6.45) is 1.59. The van der Waals surface area contributed by atoms with E-state index in [9.17, 15) is 4.79 Å². The second-order valence-corrected chi connectivity index (χ2v) is 6.74. The molecule has 0 aliphatic heterocycles. The molecule has 128 valence electrons. The molecule has 0 radical (unpaired) electrons. The van der Waals surface area contributed by atoms with Crippen LogP contribution in [0.5, 0.6) is 0 Å². The highest BCUT2D eigenvalue weighted by atomic mass is 79.9. The van der Waals surface area contributed by atoms with Gasteiger partial charge in [0, 0.05) is 27.3 Å². The molecule has 8 heteroatoms. The van der Waals surface area contributed by atoms with Crippen molar-refractivity contribution >= 4 is 27.5 Å². The average molecular weight is 430 g/mol. The molecule has 0 unspecified atom stereocenters. The third-order valence-electron chi connectivity index (χ3n) is 3.59. The molecule has 0 atom stereocenters. The Hall–Kier alpha value is -2.77. The normalized spacial score (nSPS) is 10.8. The molecule has 2 heterocycles. The summed E-state index contributed by atoms with van der Waals surface area (Å²) in [5, 5.41) is 8.82. The molecular formula is C18H10BrClN4O2. The van der Waals surface area contributed by atoms with Gasteiger partial charge in [-0.2, -0.15) is 10.1 Å². The molecule has 4 rings (SSSR count). The van der Waals surface area contributed by atoms with Crippen molar-refractivity contribution in [3.05, 3.63) is 80.5 Å². The van der Waals surface area contributed by atoms with Gasteiger partial charge < -0.3 is 4.52 Å². The van der Waals surface area contributed by atoms with Crippen LogP contribution in [0.4, 0.5) is 0 Å². The highest BCUT2D eigenvalue weighted by Crippen LogP contribution is 2.22. The molecule has 0 N–H and O–H groups in total. The summed E-state index contributed by atoms with van der Waals surface area (Å²) in [5.41, 5.74) is 1.25. The maximum atomic E-state index is 12.2. The fourth-order valence-corrected chi connectivity index (χ4v) is 2.96. The lowest BCUT2D eigenvalue weighted by Crippen LogP contribution is -2.12. The molecule has 0 bridgehead atoms. The van der Waals surface area contributed by atoms with E-state index in [0.29, 0.717) is 16.4 Å². The van der Waals surface area contributed by atoms with Crippen LogP contribution in [0.25, 0.3) is 28.7 Å². The van der Waals surface area contributed by atoms with E-state index in [4.69, 9.17) is 16.1 Å². The number of hydrogen-bond acceptors (Lipinski definition) is 5. The largest absolute Gasteiger partial charge is 0.332 e. The zero-order valence-corrected chi connectivity index (χ0v) is 15.5. The zero-order valence-electron chi connectivity index (χ0n) is 13.1. The van der Waals surface area contributed by atoms with E-state index in [2.05, 4.69) is 31.2 Å². The maximum Gasteiger partial charge on any atom is 0.282 e. The lowest BCUT2D eigenvalue weighted by molar-refractivity contribution is 0.429. The van der Waals surface area contributed by atoms with Gasteiger partial charge in [-0.15, -0.1) is 0 Å². The van der Waals surface area contributed by atoms with Crippen molar-refractivity contribution < 1.29 is 4.52 Å². The van der Waals surface area contributed by atoms with Crippen molar-refractivity contribution in [3.63, 3.8) is 0 Å². The van der Waals surface area contributed by atoms with E-state index in [1.165, 1.54) is 6.07 Å².